The zero-order valence-corrected chi connectivity index (χ0v) is 16.3. The minimum absolute atomic E-state index is 0.00478. The molecule has 8 heteroatoms. The topological polar surface area (TPSA) is 88.2 Å². The molecule has 28 heavy (non-hydrogen) atoms. The Morgan fingerprint density at radius 1 is 1.25 bits per heavy atom. The van der Waals surface area contributed by atoms with Gasteiger partial charge in [0.15, 0.2) is 0 Å². The second-order valence-corrected chi connectivity index (χ2v) is 8.65. The van der Waals surface area contributed by atoms with Gasteiger partial charge in [-0.3, -0.25) is 9.78 Å². The minimum Gasteiger partial charge on any atom is -0.341 e. The zero-order chi connectivity index (χ0) is 19.1. The van der Waals surface area contributed by atoms with Crippen LogP contribution in [0.4, 0.5) is 0 Å². The normalized spacial score (nSPS) is 28.6. The van der Waals surface area contributed by atoms with Crippen molar-refractivity contribution >= 4 is 5.91 Å². The molecule has 1 spiro atoms. The molecule has 2 saturated heterocycles. The summed E-state index contributed by atoms with van der Waals surface area (Å²) in [6.45, 7) is 3.45. The Morgan fingerprint density at radius 2 is 2.11 bits per heavy atom. The maximum Gasteiger partial charge on any atom is 0.232 e. The van der Waals surface area contributed by atoms with E-state index < -0.39 is 0 Å². The van der Waals surface area contributed by atoms with Gasteiger partial charge in [0.2, 0.25) is 17.6 Å². The van der Waals surface area contributed by atoms with E-state index in [2.05, 4.69) is 37.0 Å². The van der Waals surface area contributed by atoms with Crippen LogP contribution in [-0.4, -0.2) is 69.0 Å². The number of carbonyl (C=O) groups is 1. The lowest BCUT2D eigenvalue weighted by Crippen LogP contribution is -2.36. The molecule has 2 aromatic heterocycles. The molecule has 2 aromatic rings. The second kappa shape index (κ2) is 6.92. The fraction of sp³-hybridized carbons (Fsp3) is 0.650. The van der Waals surface area contributed by atoms with Crippen LogP contribution in [0.15, 0.2) is 23.1 Å². The quantitative estimate of drug-likeness (QED) is 0.802. The highest BCUT2D eigenvalue weighted by Gasteiger charge is 2.54. The molecule has 1 saturated carbocycles. The lowest BCUT2D eigenvalue weighted by Gasteiger charge is -2.28. The van der Waals surface area contributed by atoms with E-state index in [1.807, 2.05) is 0 Å². The molecule has 3 aliphatic rings. The molecule has 0 radical (unpaired) electrons. The van der Waals surface area contributed by atoms with Gasteiger partial charge in [0, 0.05) is 43.4 Å². The van der Waals surface area contributed by atoms with Crippen molar-refractivity contribution in [1.82, 2.24) is 29.9 Å². The highest BCUT2D eigenvalue weighted by molar-refractivity contribution is 5.79. The maximum atomic E-state index is 13.1. The van der Waals surface area contributed by atoms with Crippen LogP contribution in [0, 0.1) is 11.3 Å². The van der Waals surface area contributed by atoms with Gasteiger partial charge in [-0.1, -0.05) is 18.0 Å². The van der Waals surface area contributed by atoms with Crippen molar-refractivity contribution in [2.24, 2.45) is 11.3 Å². The third kappa shape index (κ3) is 2.99. The van der Waals surface area contributed by atoms with E-state index in [-0.39, 0.29) is 17.3 Å². The number of hydrogen-bond donors (Lipinski definition) is 0. The predicted octanol–water partition coefficient (Wildman–Crippen LogP) is 1.96. The van der Waals surface area contributed by atoms with Gasteiger partial charge in [-0.05, 0) is 32.9 Å². The molecule has 0 bridgehead atoms. The number of hydrogen-bond acceptors (Lipinski definition) is 7. The number of likely N-dealkylation sites (tertiary alicyclic amines) is 2. The van der Waals surface area contributed by atoms with Gasteiger partial charge in [0.1, 0.15) is 5.69 Å². The largest absolute Gasteiger partial charge is 0.341 e. The summed E-state index contributed by atoms with van der Waals surface area (Å²) in [6, 6.07) is 0. The van der Waals surface area contributed by atoms with E-state index in [9.17, 15) is 4.79 Å². The second-order valence-electron chi connectivity index (χ2n) is 8.65. The van der Waals surface area contributed by atoms with Gasteiger partial charge in [0.25, 0.3) is 0 Å². The molecule has 1 aliphatic carbocycles. The zero-order valence-electron chi connectivity index (χ0n) is 16.3. The van der Waals surface area contributed by atoms with Gasteiger partial charge in [-0.25, -0.2) is 4.98 Å². The number of aromatic nitrogens is 4. The predicted molar refractivity (Wildman–Crippen MR) is 101 cm³/mol. The summed E-state index contributed by atoms with van der Waals surface area (Å²) in [5, 5.41) is 4.15. The Labute approximate surface area is 164 Å². The Kier molecular flexibility index (Phi) is 4.38. The molecule has 3 fully saturated rings. The standard InChI is InChI=1S/C20H26N6O2/c1-25-9-6-20(12-25)13-26(19(27)14-4-2-3-5-14)11-15(20)18-23-17(24-28-18)16-10-21-7-8-22-16/h7-8,10,14-15H,2-6,9,11-13H2,1H3/t15-,20-/m0/s1. The average molecular weight is 382 g/mol. The molecule has 1 amide bonds. The first-order chi connectivity index (χ1) is 13.6. The Hall–Kier alpha value is -2.35. The van der Waals surface area contributed by atoms with Crippen molar-refractivity contribution in [1.29, 1.82) is 0 Å². The first kappa shape index (κ1) is 17.7. The van der Waals surface area contributed by atoms with Crippen LogP contribution < -0.4 is 0 Å². The molecule has 2 atom stereocenters. The van der Waals surface area contributed by atoms with Crippen LogP contribution in [0.3, 0.4) is 0 Å². The molecule has 2 aliphatic heterocycles. The molecule has 0 aromatic carbocycles. The third-order valence-electron chi connectivity index (χ3n) is 6.77. The molecule has 148 valence electrons. The van der Waals surface area contributed by atoms with Crippen LogP contribution in [0.25, 0.3) is 11.5 Å². The molecular weight excluding hydrogens is 356 g/mol. The lowest BCUT2D eigenvalue weighted by molar-refractivity contribution is -0.134. The molecule has 8 nitrogen and oxygen atoms in total. The molecular formula is C20H26N6O2. The number of amides is 1. The van der Waals surface area contributed by atoms with Crippen LogP contribution >= 0.6 is 0 Å². The van der Waals surface area contributed by atoms with E-state index in [4.69, 9.17) is 4.52 Å². The Morgan fingerprint density at radius 3 is 2.82 bits per heavy atom. The first-order valence-electron chi connectivity index (χ1n) is 10.2. The van der Waals surface area contributed by atoms with E-state index in [0.29, 0.717) is 29.9 Å². The molecule has 0 unspecified atom stereocenters. The van der Waals surface area contributed by atoms with Crippen LogP contribution in [0.2, 0.25) is 0 Å². The van der Waals surface area contributed by atoms with Crippen molar-refractivity contribution in [3.05, 3.63) is 24.5 Å². The van der Waals surface area contributed by atoms with E-state index in [1.54, 1.807) is 18.6 Å². The fourth-order valence-electron chi connectivity index (χ4n) is 5.33. The summed E-state index contributed by atoms with van der Waals surface area (Å²) in [4.78, 5) is 30.5. The first-order valence-corrected chi connectivity index (χ1v) is 10.2. The Bertz CT molecular complexity index is 849. The van der Waals surface area contributed by atoms with Crippen molar-refractivity contribution in [2.45, 2.75) is 38.0 Å². The van der Waals surface area contributed by atoms with Crippen molar-refractivity contribution in [2.75, 3.05) is 33.2 Å². The third-order valence-corrected chi connectivity index (χ3v) is 6.77. The number of rotatable bonds is 3. The summed E-state index contributed by atoms with van der Waals surface area (Å²) in [6.07, 6.45) is 10.3. The van der Waals surface area contributed by atoms with E-state index >= 15 is 0 Å². The maximum absolute atomic E-state index is 13.1. The van der Waals surface area contributed by atoms with Gasteiger partial charge in [0.05, 0.1) is 12.1 Å². The van der Waals surface area contributed by atoms with Crippen molar-refractivity contribution < 1.29 is 9.32 Å². The SMILES string of the molecule is CN1CC[C@]2(C1)CN(C(=O)C1CCCC1)C[C@H]2c1nc(-c2cnccn2)no1. The van der Waals surface area contributed by atoms with Gasteiger partial charge >= 0.3 is 0 Å². The molecule has 5 rings (SSSR count). The van der Waals surface area contributed by atoms with Crippen molar-refractivity contribution in [3.63, 3.8) is 0 Å². The fourth-order valence-corrected chi connectivity index (χ4v) is 5.33. The summed E-state index contributed by atoms with van der Waals surface area (Å²) < 4.78 is 5.69. The highest BCUT2D eigenvalue weighted by Crippen LogP contribution is 2.49. The monoisotopic (exact) mass is 382 g/mol. The number of carbonyl (C=O) groups excluding carboxylic acids is 1. The van der Waals surface area contributed by atoms with Gasteiger partial charge in [-0.2, -0.15) is 4.98 Å². The summed E-state index contributed by atoms with van der Waals surface area (Å²) in [5.41, 5.74) is 0.599. The van der Waals surface area contributed by atoms with Crippen LogP contribution in [-0.2, 0) is 4.79 Å². The van der Waals surface area contributed by atoms with Crippen LogP contribution in [0.5, 0.6) is 0 Å². The highest BCUT2D eigenvalue weighted by atomic mass is 16.5. The van der Waals surface area contributed by atoms with E-state index in [0.717, 1.165) is 38.9 Å². The average Bonchev–Trinajstić information content (AvgIpc) is 3.50. The van der Waals surface area contributed by atoms with E-state index in [1.165, 1.54) is 12.8 Å². The lowest BCUT2D eigenvalue weighted by atomic mass is 9.77. The summed E-state index contributed by atoms with van der Waals surface area (Å²) >= 11 is 0. The number of nitrogens with zero attached hydrogens (tertiary/aromatic N) is 6. The van der Waals surface area contributed by atoms with Gasteiger partial charge < -0.3 is 14.3 Å². The minimum atomic E-state index is -0.00478. The summed E-state index contributed by atoms with van der Waals surface area (Å²) in [5.74, 6) is 1.68. The molecule has 4 heterocycles. The molecule has 0 N–H and O–H groups in total. The smallest absolute Gasteiger partial charge is 0.232 e. The van der Waals surface area contributed by atoms with Crippen molar-refractivity contribution in [3.8, 4) is 11.5 Å². The van der Waals surface area contributed by atoms with Crippen LogP contribution in [0.1, 0.15) is 43.9 Å². The van der Waals surface area contributed by atoms with Gasteiger partial charge in [-0.15, -0.1) is 0 Å². The Balaban J connectivity index is 1.43. The summed E-state index contributed by atoms with van der Waals surface area (Å²) in [7, 11) is 2.14.